The zero-order chi connectivity index (χ0) is 24.0. The lowest BCUT2D eigenvalue weighted by atomic mass is 10.1. The Bertz CT molecular complexity index is 1570. The molecule has 5 rings (SSSR count). The molecule has 9 heteroatoms. The van der Waals surface area contributed by atoms with Crippen molar-refractivity contribution in [3.05, 3.63) is 80.5 Å². The Labute approximate surface area is 199 Å². The molecule has 0 atom stereocenters. The molecule has 2 aromatic carbocycles. The summed E-state index contributed by atoms with van der Waals surface area (Å²) in [6.07, 6.45) is 0.823. The molecular weight excluding hydrogens is 450 g/mol. The molecule has 1 amide bonds. The second-order valence-electron chi connectivity index (χ2n) is 8.34. The van der Waals surface area contributed by atoms with E-state index < -0.39 is 11.2 Å². The molecule has 1 aliphatic rings. The van der Waals surface area contributed by atoms with Crippen LogP contribution in [0.25, 0.3) is 22.4 Å². The average molecular weight is 474 g/mol. The van der Waals surface area contributed by atoms with Crippen molar-refractivity contribution in [1.82, 2.24) is 19.1 Å². The third-order valence-corrected chi connectivity index (χ3v) is 7.02. The number of aromatic nitrogens is 4. The molecule has 3 heterocycles. The van der Waals surface area contributed by atoms with Gasteiger partial charge in [0.1, 0.15) is 10.4 Å². The molecule has 0 radical (unpaired) electrons. The summed E-state index contributed by atoms with van der Waals surface area (Å²) in [7, 11) is 3.01. The van der Waals surface area contributed by atoms with Crippen molar-refractivity contribution in [3.8, 4) is 11.4 Å². The molecule has 2 aromatic heterocycles. The number of carbonyl (C=O) groups excluding carboxylic acids is 1. The first kappa shape index (κ1) is 22.1. The van der Waals surface area contributed by atoms with Crippen molar-refractivity contribution in [2.24, 2.45) is 14.1 Å². The van der Waals surface area contributed by atoms with Crippen LogP contribution in [0.5, 0.6) is 0 Å². The van der Waals surface area contributed by atoms with Crippen molar-refractivity contribution in [1.29, 1.82) is 0 Å². The molecule has 34 heavy (non-hydrogen) atoms. The van der Waals surface area contributed by atoms with Crippen molar-refractivity contribution < 1.29 is 4.79 Å². The molecule has 0 bridgehead atoms. The van der Waals surface area contributed by atoms with Gasteiger partial charge in [0.2, 0.25) is 5.91 Å². The number of thioether (sulfide) groups is 1. The lowest BCUT2D eigenvalue weighted by Gasteiger charge is -2.17. The number of fused-ring (bicyclic) bond motifs is 2. The maximum atomic E-state index is 13.1. The van der Waals surface area contributed by atoms with Crippen molar-refractivity contribution in [2.45, 2.75) is 18.4 Å². The maximum absolute atomic E-state index is 13.1. The Morgan fingerprint density at radius 1 is 1.03 bits per heavy atom. The fourth-order valence-corrected chi connectivity index (χ4v) is 5.14. The fourth-order valence-electron chi connectivity index (χ4n) is 4.25. The van der Waals surface area contributed by atoms with Crippen LogP contribution in [0.1, 0.15) is 11.1 Å². The smallest absolute Gasteiger partial charge is 0.311 e. The highest BCUT2D eigenvalue weighted by molar-refractivity contribution is 8.00. The van der Waals surface area contributed by atoms with Crippen molar-refractivity contribution >= 4 is 34.4 Å². The minimum absolute atomic E-state index is 0.0551. The molecule has 0 saturated carbocycles. The fraction of sp³-hybridized carbons (Fsp3) is 0.240. The van der Waals surface area contributed by atoms with Gasteiger partial charge in [-0.3, -0.25) is 18.7 Å². The molecular formula is C25H23N5O3S. The Hall–Kier alpha value is -3.72. The number of hydrogen-bond donors (Lipinski definition) is 0. The van der Waals surface area contributed by atoms with Gasteiger partial charge in [-0.2, -0.15) is 0 Å². The van der Waals surface area contributed by atoms with Crippen LogP contribution in [-0.2, 0) is 25.3 Å². The van der Waals surface area contributed by atoms with E-state index in [0.29, 0.717) is 17.4 Å². The third kappa shape index (κ3) is 3.71. The lowest BCUT2D eigenvalue weighted by molar-refractivity contribution is -0.116. The lowest BCUT2D eigenvalue weighted by Crippen LogP contribution is -2.37. The van der Waals surface area contributed by atoms with Gasteiger partial charge in [-0.15, -0.1) is 0 Å². The summed E-state index contributed by atoms with van der Waals surface area (Å²) in [5.41, 5.74) is 3.20. The van der Waals surface area contributed by atoms with Crippen LogP contribution in [0.2, 0.25) is 0 Å². The molecule has 0 saturated heterocycles. The zero-order valence-corrected chi connectivity index (χ0v) is 19.9. The quantitative estimate of drug-likeness (QED) is 0.334. The van der Waals surface area contributed by atoms with Crippen LogP contribution in [0.15, 0.2) is 63.1 Å². The molecule has 0 N–H and O–H groups in total. The van der Waals surface area contributed by atoms with Crippen molar-refractivity contribution in [2.75, 3.05) is 17.2 Å². The Morgan fingerprint density at radius 3 is 2.62 bits per heavy atom. The molecule has 0 spiro atoms. The predicted octanol–water partition coefficient (Wildman–Crippen LogP) is 2.68. The van der Waals surface area contributed by atoms with E-state index in [2.05, 4.69) is 9.97 Å². The summed E-state index contributed by atoms with van der Waals surface area (Å²) in [5.74, 6) is 0.459. The van der Waals surface area contributed by atoms with E-state index in [-0.39, 0.29) is 22.7 Å². The summed E-state index contributed by atoms with van der Waals surface area (Å²) in [4.78, 5) is 49.8. The molecule has 1 aliphatic heterocycles. The number of amides is 1. The Kier molecular flexibility index (Phi) is 5.57. The first-order valence-electron chi connectivity index (χ1n) is 10.9. The van der Waals surface area contributed by atoms with E-state index in [9.17, 15) is 14.4 Å². The van der Waals surface area contributed by atoms with E-state index >= 15 is 0 Å². The normalized spacial score (nSPS) is 12.9. The molecule has 0 unspecified atom stereocenters. The maximum Gasteiger partial charge on any atom is 0.332 e. The number of anilines is 1. The topological polar surface area (TPSA) is 90.1 Å². The van der Waals surface area contributed by atoms with Gasteiger partial charge in [0.15, 0.2) is 11.5 Å². The second-order valence-corrected chi connectivity index (χ2v) is 9.30. The summed E-state index contributed by atoms with van der Waals surface area (Å²) in [6, 6.07) is 15.6. The average Bonchev–Trinajstić information content (AvgIpc) is 3.28. The predicted molar refractivity (Wildman–Crippen MR) is 133 cm³/mol. The summed E-state index contributed by atoms with van der Waals surface area (Å²) < 4.78 is 2.39. The molecule has 0 aliphatic carbocycles. The standard InChI is InChI=1S/C25H23N5O3S/c1-15-7-6-9-17(13-15)21-26-22-20(24(32)29(3)25(33)28(22)2)23(27-21)34-14-19(31)30-12-11-16-8-4-5-10-18(16)30/h4-10,13H,11-12,14H2,1-3H3. The number of carbonyl (C=O) groups is 1. The Balaban J connectivity index is 1.58. The number of nitrogens with zero attached hydrogens (tertiary/aromatic N) is 5. The van der Waals surface area contributed by atoms with Crippen LogP contribution in [0, 0.1) is 6.92 Å². The van der Waals surface area contributed by atoms with Gasteiger partial charge in [-0.1, -0.05) is 53.7 Å². The molecule has 8 nitrogen and oxygen atoms in total. The van der Waals surface area contributed by atoms with Crippen molar-refractivity contribution in [3.63, 3.8) is 0 Å². The van der Waals surface area contributed by atoms with Crippen LogP contribution in [0.3, 0.4) is 0 Å². The molecule has 4 aromatic rings. The summed E-state index contributed by atoms with van der Waals surface area (Å²) in [6.45, 7) is 2.60. The number of rotatable bonds is 4. The Morgan fingerprint density at radius 2 is 1.82 bits per heavy atom. The number of benzene rings is 2. The van der Waals surface area contributed by atoms with Gasteiger partial charge >= 0.3 is 5.69 Å². The number of para-hydroxylation sites is 1. The number of hydrogen-bond acceptors (Lipinski definition) is 6. The van der Waals surface area contributed by atoms with Gasteiger partial charge in [-0.25, -0.2) is 14.8 Å². The molecule has 172 valence electrons. The zero-order valence-electron chi connectivity index (χ0n) is 19.1. The highest BCUT2D eigenvalue weighted by atomic mass is 32.2. The van der Waals surface area contributed by atoms with Gasteiger partial charge in [0.05, 0.1) is 5.75 Å². The van der Waals surface area contributed by atoms with E-state index in [0.717, 1.165) is 33.4 Å². The van der Waals surface area contributed by atoms with Gasteiger partial charge < -0.3 is 4.90 Å². The van der Waals surface area contributed by atoms with E-state index in [1.54, 1.807) is 11.9 Å². The van der Waals surface area contributed by atoms with Gasteiger partial charge in [0, 0.05) is 31.9 Å². The highest BCUT2D eigenvalue weighted by Gasteiger charge is 2.25. The van der Waals surface area contributed by atoms with E-state index in [1.807, 2.05) is 55.5 Å². The van der Waals surface area contributed by atoms with Crippen LogP contribution in [-0.4, -0.2) is 37.3 Å². The molecule has 0 fully saturated rings. The SMILES string of the molecule is Cc1cccc(-c2nc(SCC(=O)N3CCc4ccccc43)c3c(=O)n(C)c(=O)n(C)c3n2)c1. The number of aryl methyl sites for hydroxylation is 2. The summed E-state index contributed by atoms with van der Waals surface area (Å²) in [5, 5.41) is 0.624. The van der Waals surface area contributed by atoms with Crippen LogP contribution >= 0.6 is 11.8 Å². The highest BCUT2D eigenvalue weighted by Crippen LogP contribution is 2.30. The second kappa shape index (κ2) is 8.57. The van der Waals surface area contributed by atoms with E-state index in [4.69, 9.17) is 0 Å². The first-order valence-corrected chi connectivity index (χ1v) is 11.9. The van der Waals surface area contributed by atoms with Crippen LogP contribution in [0.4, 0.5) is 5.69 Å². The summed E-state index contributed by atoms with van der Waals surface area (Å²) >= 11 is 1.20. The third-order valence-electron chi connectivity index (χ3n) is 6.06. The van der Waals surface area contributed by atoms with Gasteiger partial charge in [-0.05, 0) is 31.0 Å². The first-order chi connectivity index (χ1) is 16.3. The minimum Gasteiger partial charge on any atom is -0.311 e. The largest absolute Gasteiger partial charge is 0.332 e. The monoisotopic (exact) mass is 473 g/mol. The van der Waals surface area contributed by atoms with Gasteiger partial charge in [0.25, 0.3) is 5.56 Å². The van der Waals surface area contributed by atoms with E-state index in [1.165, 1.54) is 23.4 Å². The minimum atomic E-state index is -0.477. The van der Waals surface area contributed by atoms with Crippen LogP contribution < -0.4 is 16.1 Å².